The van der Waals surface area contributed by atoms with Crippen LogP contribution in [0, 0.1) is 17.5 Å². The van der Waals surface area contributed by atoms with Gasteiger partial charge in [-0.05, 0) is 17.7 Å². The molecule has 0 amide bonds. The molecule has 2 aliphatic rings. The highest BCUT2D eigenvalue weighted by molar-refractivity contribution is 6.09. The van der Waals surface area contributed by atoms with E-state index in [9.17, 15) is 18.0 Å². The monoisotopic (exact) mass is 391 g/mol. The molecule has 0 saturated carbocycles. The molecule has 0 aromatic heterocycles. The number of benzene rings is 2. The number of carbonyl (C=O) groups is 1. The molecule has 2 saturated heterocycles. The van der Waals surface area contributed by atoms with E-state index >= 15 is 0 Å². The number of nitrogens with zero attached hydrogens (tertiary/aromatic N) is 1. The summed E-state index contributed by atoms with van der Waals surface area (Å²) < 4.78 is 51.2. The topological polar surface area (TPSA) is 38.8 Å². The Morgan fingerprint density at radius 1 is 0.929 bits per heavy atom. The second-order valence-electron chi connectivity index (χ2n) is 7.16. The molecule has 0 N–H and O–H groups in total. The molecular formula is C21H20F3NO3. The van der Waals surface area contributed by atoms with Crippen molar-refractivity contribution in [2.24, 2.45) is 0 Å². The van der Waals surface area contributed by atoms with Crippen LogP contribution >= 0.6 is 0 Å². The van der Waals surface area contributed by atoms with Crippen LogP contribution in [0.2, 0.25) is 0 Å². The quantitative estimate of drug-likeness (QED) is 0.589. The minimum atomic E-state index is -1.58. The maximum Gasteiger partial charge on any atom is 0.194 e. The first-order chi connectivity index (χ1) is 13.5. The standard InChI is InChI=1S/C21H20F3NO3/c22-17-11-16(12-18(23)19(17)24)20(26)15-3-1-14(2-4-15)13-25-7-5-21(6-8-25)27-9-10-28-21/h1-4,11-12H,5-10,13H2. The minimum Gasteiger partial charge on any atom is -0.347 e. The summed E-state index contributed by atoms with van der Waals surface area (Å²) in [5, 5.41) is 0. The van der Waals surface area contributed by atoms with Crippen molar-refractivity contribution in [3.63, 3.8) is 0 Å². The molecular weight excluding hydrogens is 371 g/mol. The molecule has 2 aromatic carbocycles. The number of hydrogen-bond acceptors (Lipinski definition) is 4. The summed E-state index contributed by atoms with van der Waals surface area (Å²) in [6.07, 6.45) is 1.65. The maximum absolute atomic E-state index is 13.4. The van der Waals surface area contributed by atoms with Crippen molar-refractivity contribution in [2.45, 2.75) is 25.2 Å². The molecule has 2 aromatic rings. The highest BCUT2D eigenvalue weighted by atomic mass is 19.2. The number of rotatable bonds is 4. The van der Waals surface area contributed by atoms with Crippen molar-refractivity contribution >= 4 is 5.78 Å². The fourth-order valence-corrected chi connectivity index (χ4v) is 3.71. The number of likely N-dealkylation sites (tertiary alicyclic amines) is 1. The number of hydrogen-bond donors (Lipinski definition) is 0. The Kier molecular flexibility index (Phi) is 5.23. The molecule has 0 bridgehead atoms. The second-order valence-corrected chi connectivity index (χ2v) is 7.16. The summed E-state index contributed by atoms with van der Waals surface area (Å²) in [4.78, 5) is 14.7. The molecule has 0 unspecified atom stereocenters. The van der Waals surface area contributed by atoms with Crippen LogP contribution in [0.25, 0.3) is 0 Å². The summed E-state index contributed by atoms with van der Waals surface area (Å²) in [5.74, 6) is -5.30. The van der Waals surface area contributed by atoms with Gasteiger partial charge in [0.05, 0.1) is 13.2 Å². The van der Waals surface area contributed by atoms with Gasteiger partial charge in [0, 0.05) is 43.6 Å². The van der Waals surface area contributed by atoms with E-state index in [0.717, 1.165) is 38.0 Å². The van der Waals surface area contributed by atoms with Gasteiger partial charge in [-0.15, -0.1) is 0 Å². The Morgan fingerprint density at radius 3 is 2.07 bits per heavy atom. The van der Waals surface area contributed by atoms with Crippen LogP contribution in [-0.4, -0.2) is 42.8 Å². The van der Waals surface area contributed by atoms with Gasteiger partial charge < -0.3 is 9.47 Å². The van der Waals surface area contributed by atoms with Crippen LogP contribution in [0.4, 0.5) is 13.2 Å². The van der Waals surface area contributed by atoms with Crippen LogP contribution in [0.3, 0.4) is 0 Å². The van der Waals surface area contributed by atoms with Crippen molar-refractivity contribution in [1.82, 2.24) is 4.90 Å². The van der Waals surface area contributed by atoms with Crippen molar-refractivity contribution in [1.29, 1.82) is 0 Å². The van der Waals surface area contributed by atoms with E-state index in [1.54, 1.807) is 12.1 Å². The minimum absolute atomic E-state index is 0.220. The summed E-state index contributed by atoms with van der Waals surface area (Å²) in [6.45, 7) is 3.74. The zero-order valence-electron chi connectivity index (χ0n) is 15.2. The first-order valence-corrected chi connectivity index (χ1v) is 9.24. The van der Waals surface area contributed by atoms with E-state index in [2.05, 4.69) is 4.90 Å². The summed E-state index contributed by atoms with van der Waals surface area (Å²) in [6, 6.07) is 8.29. The summed E-state index contributed by atoms with van der Waals surface area (Å²) in [5.41, 5.74) is 1.10. The van der Waals surface area contributed by atoms with Gasteiger partial charge in [0.1, 0.15) is 0 Å². The number of carbonyl (C=O) groups excluding carboxylic acids is 1. The van der Waals surface area contributed by atoms with Gasteiger partial charge in [-0.25, -0.2) is 13.2 Å². The highest BCUT2D eigenvalue weighted by Crippen LogP contribution is 2.31. The van der Waals surface area contributed by atoms with Crippen molar-refractivity contribution in [2.75, 3.05) is 26.3 Å². The lowest BCUT2D eigenvalue weighted by Crippen LogP contribution is -2.44. The van der Waals surface area contributed by atoms with Gasteiger partial charge >= 0.3 is 0 Å². The Bertz CT molecular complexity index is 846. The number of ketones is 1. The Morgan fingerprint density at radius 2 is 1.50 bits per heavy atom. The van der Waals surface area contributed by atoms with E-state index in [4.69, 9.17) is 9.47 Å². The lowest BCUT2D eigenvalue weighted by Gasteiger charge is -2.37. The van der Waals surface area contributed by atoms with Crippen molar-refractivity contribution < 1.29 is 27.4 Å². The molecule has 2 fully saturated rings. The second kappa shape index (κ2) is 7.66. The predicted octanol–water partition coefficient (Wildman–Crippen LogP) is 3.67. The molecule has 2 aliphatic heterocycles. The Labute approximate surface area is 160 Å². The molecule has 7 heteroatoms. The molecule has 2 heterocycles. The average Bonchev–Trinajstić information content (AvgIpc) is 3.16. The van der Waals surface area contributed by atoms with Gasteiger partial charge in [-0.3, -0.25) is 9.69 Å². The number of piperidine rings is 1. The fourth-order valence-electron chi connectivity index (χ4n) is 3.71. The van der Waals surface area contributed by atoms with Crippen LogP contribution < -0.4 is 0 Å². The lowest BCUT2D eigenvalue weighted by atomic mass is 10.0. The normalized spacial score (nSPS) is 19.2. The van der Waals surface area contributed by atoms with E-state index in [1.807, 2.05) is 12.1 Å². The highest BCUT2D eigenvalue weighted by Gasteiger charge is 2.39. The van der Waals surface area contributed by atoms with Gasteiger partial charge in [-0.1, -0.05) is 24.3 Å². The van der Waals surface area contributed by atoms with Gasteiger partial charge in [0.25, 0.3) is 0 Å². The smallest absolute Gasteiger partial charge is 0.194 e. The largest absolute Gasteiger partial charge is 0.347 e. The third kappa shape index (κ3) is 3.83. The third-order valence-corrected chi connectivity index (χ3v) is 5.30. The fraction of sp³-hybridized carbons (Fsp3) is 0.381. The van der Waals surface area contributed by atoms with Gasteiger partial charge in [0.15, 0.2) is 29.0 Å². The molecule has 148 valence electrons. The third-order valence-electron chi connectivity index (χ3n) is 5.30. The summed E-state index contributed by atoms with van der Waals surface area (Å²) >= 11 is 0. The average molecular weight is 391 g/mol. The zero-order valence-corrected chi connectivity index (χ0v) is 15.2. The molecule has 1 spiro atoms. The maximum atomic E-state index is 13.4. The Balaban J connectivity index is 1.39. The first-order valence-electron chi connectivity index (χ1n) is 9.24. The molecule has 0 radical (unpaired) electrons. The van der Waals surface area contributed by atoms with Crippen LogP contribution in [-0.2, 0) is 16.0 Å². The van der Waals surface area contributed by atoms with E-state index in [1.165, 1.54) is 0 Å². The number of ether oxygens (including phenoxy) is 2. The van der Waals surface area contributed by atoms with Gasteiger partial charge in [0.2, 0.25) is 0 Å². The summed E-state index contributed by atoms with van der Waals surface area (Å²) in [7, 11) is 0. The molecule has 4 rings (SSSR count). The van der Waals surface area contributed by atoms with Crippen LogP contribution in [0.1, 0.15) is 34.3 Å². The van der Waals surface area contributed by atoms with Gasteiger partial charge in [-0.2, -0.15) is 0 Å². The molecule has 4 nitrogen and oxygen atoms in total. The number of halogens is 3. The zero-order chi connectivity index (χ0) is 19.7. The van der Waals surface area contributed by atoms with Crippen LogP contribution in [0.15, 0.2) is 36.4 Å². The van der Waals surface area contributed by atoms with Crippen molar-refractivity contribution in [3.05, 3.63) is 70.5 Å². The Hall–Kier alpha value is -2.22. The lowest BCUT2D eigenvalue weighted by molar-refractivity contribution is -0.185. The molecule has 0 atom stereocenters. The van der Waals surface area contributed by atoms with E-state index in [0.29, 0.717) is 30.9 Å². The molecule has 28 heavy (non-hydrogen) atoms. The van der Waals surface area contributed by atoms with Crippen molar-refractivity contribution in [3.8, 4) is 0 Å². The SMILES string of the molecule is O=C(c1ccc(CN2CCC3(CC2)OCCO3)cc1)c1cc(F)c(F)c(F)c1. The van der Waals surface area contributed by atoms with Crippen LogP contribution in [0.5, 0.6) is 0 Å². The van der Waals surface area contributed by atoms with E-state index in [-0.39, 0.29) is 5.56 Å². The van der Waals surface area contributed by atoms with E-state index < -0.39 is 29.0 Å². The first kappa shape index (κ1) is 19.1. The molecule has 0 aliphatic carbocycles. The predicted molar refractivity (Wildman–Crippen MR) is 95.3 cm³/mol.